The second-order valence-corrected chi connectivity index (χ2v) is 7.56. The average Bonchev–Trinajstić information content (AvgIpc) is 2.67. The Balaban J connectivity index is 2.01. The highest BCUT2D eigenvalue weighted by Gasteiger charge is 2.18. The lowest BCUT2D eigenvalue weighted by Crippen LogP contribution is -1.98. The van der Waals surface area contributed by atoms with Crippen molar-refractivity contribution in [2.75, 3.05) is 0 Å². The second-order valence-electron chi connectivity index (χ2n) is 6.17. The number of nitrogens with zero attached hydrogens (tertiary/aromatic N) is 4. The van der Waals surface area contributed by atoms with Gasteiger partial charge in [0.1, 0.15) is 33.5 Å². The summed E-state index contributed by atoms with van der Waals surface area (Å²) in [5.74, 6) is -0.472. The number of aryl methyl sites for hydroxylation is 1. The van der Waals surface area contributed by atoms with Gasteiger partial charge in [-0.2, -0.15) is 18.6 Å². The molecule has 10 nitrogen and oxygen atoms in total. The van der Waals surface area contributed by atoms with Crippen LogP contribution in [0, 0.1) is 6.92 Å². The van der Waals surface area contributed by atoms with Gasteiger partial charge >= 0.3 is 0 Å². The number of phenols is 3. The zero-order valence-electron chi connectivity index (χ0n) is 15.5. The highest BCUT2D eigenvalue weighted by molar-refractivity contribution is 7.86. The predicted molar refractivity (Wildman–Crippen MR) is 107 cm³/mol. The zero-order valence-corrected chi connectivity index (χ0v) is 16.3. The van der Waals surface area contributed by atoms with Gasteiger partial charge in [-0.1, -0.05) is 0 Å². The summed E-state index contributed by atoms with van der Waals surface area (Å²) in [6.45, 7) is 1.63. The number of hydrogen-bond acceptors (Lipinski definition) is 9. The van der Waals surface area contributed by atoms with Gasteiger partial charge in [0.25, 0.3) is 10.1 Å². The van der Waals surface area contributed by atoms with Crippen LogP contribution in [0.15, 0.2) is 79.9 Å². The molecular weight excluding hydrogens is 412 g/mol. The molecule has 11 heteroatoms. The van der Waals surface area contributed by atoms with Gasteiger partial charge < -0.3 is 15.3 Å². The van der Waals surface area contributed by atoms with E-state index in [4.69, 9.17) is 0 Å². The van der Waals surface area contributed by atoms with Crippen LogP contribution >= 0.6 is 0 Å². The van der Waals surface area contributed by atoms with Crippen LogP contribution in [0.1, 0.15) is 5.56 Å². The Morgan fingerprint density at radius 1 is 0.700 bits per heavy atom. The smallest absolute Gasteiger partial charge is 0.296 e. The minimum absolute atomic E-state index is 0.0113. The van der Waals surface area contributed by atoms with Crippen LogP contribution in [0.25, 0.3) is 0 Å². The summed E-state index contributed by atoms with van der Waals surface area (Å²) >= 11 is 0. The molecule has 0 amide bonds. The molecule has 0 atom stereocenters. The summed E-state index contributed by atoms with van der Waals surface area (Å²) in [5, 5.41) is 43.9. The first-order valence-corrected chi connectivity index (χ1v) is 9.84. The van der Waals surface area contributed by atoms with Gasteiger partial charge in [-0.15, -0.1) is 10.2 Å². The molecule has 0 bridgehead atoms. The summed E-state index contributed by atoms with van der Waals surface area (Å²) < 4.78 is 33.2. The Hall–Kier alpha value is -3.83. The third-order valence-electron chi connectivity index (χ3n) is 3.90. The molecule has 4 N–H and O–H groups in total. The van der Waals surface area contributed by atoms with Crippen molar-refractivity contribution in [1.82, 2.24) is 0 Å². The quantitative estimate of drug-likeness (QED) is 0.322. The maximum Gasteiger partial charge on any atom is 0.296 e. The number of hydrogen-bond donors (Lipinski definition) is 4. The summed E-state index contributed by atoms with van der Waals surface area (Å²) in [4.78, 5) is -0.547. The molecule has 0 radical (unpaired) electrons. The van der Waals surface area contributed by atoms with Crippen molar-refractivity contribution >= 4 is 32.9 Å². The van der Waals surface area contributed by atoms with Crippen LogP contribution < -0.4 is 0 Å². The Morgan fingerprint density at radius 2 is 1.30 bits per heavy atom. The molecule has 3 aromatic carbocycles. The minimum atomic E-state index is -4.67. The van der Waals surface area contributed by atoms with Gasteiger partial charge in [0.15, 0.2) is 0 Å². The van der Waals surface area contributed by atoms with Gasteiger partial charge in [0.2, 0.25) is 0 Å². The number of rotatable bonds is 5. The predicted octanol–water partition coefficient (Wildman–Crippen LogP) is 5.19. The summed E-state index contributed by atoms with van der Waals surface area (Å²) in [5.41, 5.74) is 0.900. The normalized spacial score (nSPS) is 12.1. The van der Waals surface area contributed by atoms with E-state index in [1.165, 1.54) is 42.5 Å². The van der Waals surface area contributed by atoms with E-state index < -0.39 is 15.0 Å². The number of aromatic hydroxyl groups is 3. The Labute approximate surface area is 171 Å². The molecule has 3 aromatic rings. The molecule has 0 saturated carbocycles. The van der Waals surface area contributed by atoms with Crippen LogP contribution in [-0.4, -0.2) is 28.3 Å². The van der Waals surface area contributed by atoms with Crippen LogP contribution in [0.3, 0.4) is 0 Å². The van der Waals surface area contributed by atoms with Gasteiger partial charge in [-0.05, 0) is 61.0 Å². The third kappa shape index (κ3) is 4.96. The monoisotopic (exact) mass is 428 g/mol. The Morgan fingerprint density at radius 3 is 1.93 bits per heavy atom. The summed E-state index contributed by atoms with van der Waals surface area (Å²) in [7, 11) is -4.67. The standard InChI is InChI=1S/C19H16N4O6S/c1-11-8-17(23-21-15-7-6-14(25)9-18(15)26)19(30(27,28)29)10-16(11)22-20-12-2-4-13(24)5-3-12/h2-10,24-26H,1H3,(H,27,28,29). The molecule has 0 heterocycles. The molecule has 0 unspecified atom stereocenters. The van der Waals surface area contributed by atoms with Crippen molar-refractivity contribution in [3.8, 4) is 17.2 Å². The van der Waals surface area contributed by atoms with Crippen LogP contribution in [0.2, 0.25) is 0 Å². The molecule has 0 fully saturated rings. The van der Waals surface area contributed by atoms with Gasteiger partial charge in [0.05, 0.1) is 11.4 Å². The first kappa shape index (κ1) is 20.9. The molecule has 0 spiro atoms. The van der Waals surface area contributed by atoms with Crippen molar-refractivity contribution < 1.29 is 28.3 Å². The van der Waals surface area contributed by atoms with E-state index >= 15 is 0 Å². The van der Waals surface area contributed by atoms with Crippen molar-refractivity contribution in [1.29, 1.82) is 0 Å². The molecule has 0 saturated heterocycles. The van der Waals surface area contributed by atoms with Crippen LogP contribution in [-0.2, 0) is 10.1 Å². The topological polar surface area (TPSA) is 164 Å². The average molecular weight is 428 g/mol. The molecule has 0 aliphatic rings. The van der Waals surface area contributed by atoms with E-state index in [2.05, 4.69) is 20.5 Å². The van der Waals surface area contributed by atoms with E-state index in [1.807, 2.05) is 0 Å². The molecular formula is C19H16N4O6S. The zero-order chi connectivity index (χ0) is 21.9. The van der Waals surface area contributed by atoms with E-state index in [9.17, 15) is 28.3 Å². The first-order chi connectivity index (χ1) is 14.1. The van der Waals surface area contributed by atoms with Crippen molar-refractivity contribution in [3.63, 3.8) is 0 Å². The molecule has 0 aliphatic heterocycles. The molecule has 30 heavy (non-hydrogen) atoms. The van der Waals surface area contributed by atoms with E-state index in [1.54, 1.807) is 6.92 Å². The molecule has 0 aromatic heterocycles. The lowest BCUT2D eigenvalue weighted by Gasteiger charge is -2.06. The number of azo groups is 2. The lowest BCUT2D eigenvalue weighted by molar-refractivity contribution is 0.451. The number of phenolic OH excluding ortho intramolecular Hbond substituents is 3. The number of benzene rings is 3. The van der Waals surface area contributed by atoms with Gasteiger partial charge in [-0.25, -0.2) is 0 Å². The third-order valence-corrected chi connectivity index (χ3v) is 4.79. The van der Waals surface area contributed by atoms with Crippen molar-refractivity contribution in [2.24, 2.45) is 20.5 Å². The largest absolute Gasteiger partial charge is 0.508 e. The summed E-state index contributed by atoms with van der Waals surface area (Å²) in [6, 6.07) is 11.9. The van der Waals surface area contributed by atoms with Crippen molar-refractivity contribution in [3.05, 3.63) is 60.2 Å². The Bertz CT molecular complexity index is 1250. The fourth-order valence-corrected chi connectivity index (χ4v) is 3.01. The minimum Gasteiger partial charge on any atom is -0.508 e. The molecule has 154 valence electrons. The Kier molecular flexibility index (Phi) is 5.76. The maximum absolute atomic E-state index is 11.8. The van der Waals surface area contributed by atoms with Crippen LogP contribution in [0.4, 0.5) is 22.7 Å². The first-order valence-electron chi connectivity index (χ1n) is 8.40. The highest BCUT2D eigenvalue weighted by Crippen LogP contribution is 2.36. The SMILES string of the molecule is Cc1cc(N=Nc2ccc(O)cc2O)c(S(=O)(=O)O)cc1N=Nc1ccc(O)cc1. The maximum atomic E-state index is 11.8. The lowest BCUT2D eigenvalue weighted by atomic mass is 10.2. The second kappa shape index (κ2) is 8.27. The summed E-state index contributed by atoms with van der Waals surface area (Å²) in [6.07, 6.45) is 0. The van der Waals surface area contributed by atoms with Gasteiger partial charge in [-0.3, -0.25) is 4.55 Å². The fraction of sp³-hybridized carbons (Fsp3) is 0.0526. The molecule has 0 aliphatic carbocycles. The molecule has 3 rings (SSSR count). The van der Waals surface area contributed by atoms with Crippen molar-refractivity contribution in [2.45, 2.75) is 11.8 Å². The van der Waals surface area contributed by atoms with E-state index in [0.717, 1.165) is 12.1 Å². The fourth-order valence-electron chi connectivity index (χ4n) is 2.39. The highest BCUT2D eigenvalue weighted by atomic mass is 32.2. The van der Waals surface area contributed by atoms with E-state index in [0.29, 0.717) is 11.3 Å². The van der Waals surface area contributed by atoms with Crippen LogP contribution in [0.5, 0.6) is 17.2 Å². The van der Waals surface area contributed by atoms with E-state index in [-0.39, 0.29) is 34.3 Å². The van der Waals surface area contributed by atoms with Gasteiger partial charge in [0, 0.05) is 6.07 Å².